The van der Waals surface area contributed by atoms with E-state index in [2.05, 4.69) is 20.6 Å². The van der Waals surface area contributed by atoms with Gasteiger partial charge in [-0.1, -0.05) is 23.7 Å². The van der Waals surface area contributed by atoms with Gasteiger partial charge in [-0.15, -0.1) is 0 Å². The molecule has 1 aliphatic carbocycles. The Kier molecular flexibility index (Phi) is 6.09. The SMILES string of the molecule is Cc1c(F)c(F)c(Cl)c(C(=O)NC2CCC(CNc3nc4ccccc4[nH]3)CC2)c1F. The summed E-state index contributed by atoms with van der Waals surface area (Å²) in [7, 11) is 0. The maximum atomic E-state index is 14.3. The molecule has 2 aromatic carbocycles. The molecule has 5 nitrogen and oxygen atoms in total. The summed E-state index contributed by atoms with van der Waals surface area (Å²) >= 11 is 5.71. The number of hydrogen-bond donors (Lipinski definition) is 3. The molecule has 0 atom stereocenters. The molecule has 4 rings (SSSR count). The predicted octanol–water partition coefficient (Wildman–Crippen LogP) is 5.34. The van der Waals surface area contributed by atoms with Crippen molar-refractivity contribution in [1.82, 2.24) is 15.3 Å². The number of halogens is 4. The minimum absolute atomic E-state index is 0.182. The van der Waals surface area contributed by atoms with E-state index in [1.165, 1.54) is 0 Å². The molecule has 9 heteroatoms. The van der Waals surface area contributed by atoms with E-state index in [-0.39, 0.29) is 6.04 Å². The highest BCUT2D eigenvalue weighted by Crippen LogP contribution is 2.30. The third kappa shape index (κ3) is 4.35. The molecule has 1 amide bonds. The van der Waals surface area contributed by atoms with Crippen LogP contribution in [0.5, 0.6) is 0 Å². The molecule has 0 aliphatic heterocycles. The number of para-hydroxylation sites is 2. The number of benzene rings is 2. The standard InChI is InChI=1S/C22H22ClF3N4O/c1-11-18(24)16(17(23)20(26)19(11)25)21(31)28-13-8-6-12(7-9-13)10-27-22-29-14-4-2-3-5-15(14)30-22/h2-5,12-13H,6-10H2,1H3,(H,28,31)(H2,27,29,30). The Morgan fingerprint density at radius 1 is 1.13 bits per heavy atom. The molecule has 0 unspecified atom stereocenters. The summed E-state index contributed by atoms with van der Waals surface area (Å²) in [6.45, 7) is 1.81. The molecule has 164 valence electrons. The first-order valence-corrected chi connectivity index (χ1v) is 10.5. The lowest BCUT2D eigenvalue weighted by molar-refractivity contribution is 0.0918. The van der Waals surface area contributed by atoms with E-state index in [0.717, 1.165) is 43.3 Å². The third-order valence-corrected chi connectivity index (χ3v) is 6.19. The highest BCUT2D eigenvalue weighted by molar-refractivity contribution is 6.34. The van der Waals surface area contributed by atoms with Crippen LogP contribution < -0.4 is 10.6 Å². The van der Waals surface area contributed by atoms with Gasteiger partial charge in [-0.05, 0) is 50.7 Å². The van der Waals surface area contributed by atoms with Crippen molar-refractivity contribution in [3.8, 4) is 0 Å². The second kappa shape index (κ2) is 8.78. The van der Waals surface area contributed by atoms with Gasteiger partial charge in [-0.2, -0.15) is 0 Å². The van der Waals surface area contributed by atoms with E-state index < -0.39 is 39.5 Å². The van der Waals surface area contributed by atoms with Crippen molar-refractivity contribution < 1.29 is 18.0 Å². The Labute approximate surface area is 182 Å². The van der Waals surface area contributed by atoms with Gasteiger partial charge in [-0.3, -0.25) is 4.79 Å². The first kappa shape index (κ1) is 21.5. The summed E-state index contributed by atoms with van der Waals surface area (Å²) < 4.78 is 41.8. The molecule has 0 bridgehead atoms. The van der Waals surface area contributed by atoms with Crippen LogP contribution in [0.25, 0.3) is 11.0 Å². The van der Waals surface area contributed by atoms with Crippen molar-refractivity contribution >= 4 is 34.5 Å². The Morgan fingerprint density at radius 2 is 1.84 bits per heavy atom. The normalized spacial score (nSPS) is 18.9. The van der Waals surface area contributed by atoms with Gasteiger partial charge in [0.15, 0.2) is 11.6 Å². The van der Waals surface area contributed by atoms with E-state index in [4.69, 9.17) is 11.6 Å². The van der Waals surface area contributed by atoms with Crippen LogP contribution in [-0.2, 0) is 0 Å². The molecule has 1 saturated carbocycles. The summed E-state index contributed by atoms with van der Waals surface area (Å²) in [6.07, 6.45) is 3.09. The fourth-order valence-electron chi connectivity index (χ4n) is 4.00. The molecular formula is C22H22ClF3N4O. The summed E-state index contributed by atoms with van der Waals surface area (Å²) in [5, 5.41) is 5.20. The maximum Gasteiger partial charge on any atom is 0.256 e. The van der Waals surface area contributed by atoms with Crippen LogP contribution in [0.1, 0.15) is 41.6 Å². The Hall–Kier alpha value is -2.74. The van der Waals surface area contributed by atoms with Crippen molar-refractivity contribution in [2.75, 3.05) is 11.9 Å². The molecule has 0 radical (unpaired) electrons. The molecule has 3 N–H and O–H groups in total. The molecule has 1 aliphatic rings. The summed E-state index contributed by atoms with van der Waals surface area (Å²) in [4.78, 5) is 20.2. The molecule has 0 spiro atoms. The minimum atomic E-state index is -1.41. The zero-order chi connectivity index (χ0) is 22.1. The van der Waals surface area contributed by atoms with E-state index in [9.17, 15) is 18.0 Å². The van der Waals surface area contributed by atoms with Crippen molar-refractivity contribution in [2.45, 2.75) is 38.6 Å². The number of nitrogens with one attached hydrogen (secondary N) is 3. The second-order valence-corrected chi connectivity index (χ2v) is 8.31. The Morgan fingerprint density at radius 3 is 2.55 bits per heavy atom. The largest absolute Gasteiger partial charge is 0.356 e. The van der Waals surface area contributed by atoms with Gasteiger partial charge in [0.05, 0.1) is 21.6 Å². The monoisotopic (exact) mass is 450 g/mol. The molecule has 3 aromatic rings. The van der Waals surface area contributed by atoms with Gasteiger partial charge in [-0.25, -0.2) is 18.2 Å². The zero-order valence-electron chi connectivity index (χ0n) is 16.9. The molecule has 1 heterocycles. The number of hydrogen-bond acceptors (Lipinski definition) is 3. The van der Waals surface area contributed by atoms with Crippen molar-refractivity contribution in [2.24, 2.45) is 5.92 Å². The fraction of sp³-hybridized carbons (Fsp3) is 0.364. The average molecular weight is 451 g/mol. The van der Waals surface area contributed by atoms with Crippen molar-refractivity contribution in [3.05, 3.63) is 57.9 Å². The van der Waals surface area contributed by atoms with Gasteiger partial charge < -0.3 is 15.6 Å². The number of imidazole rings is 1. The molecule has 1 fully saturated rings. The van der Waals surface area contributed by atoms with E-state index in [1.807, 2.05) is 24.3 Å². The molecule has 1 aromatic heterocycles. The smallest absolute Gasteiger partial charge is 0.256 e. The van der Waals surface area contributed by atoms with Gasteiger partial charge in [0, 0.05) is 18.2 Å². The van der Waals surface area contributed by atoms with Crippen LogP contribution in [0.3, 0.4) is 0 Å². The molecule has 0 saturated heterocycles. The maximum absolute atomic E-state index is 14.3. The highest BCUT2D eigenvalue weighted by atomic mass is 35.5. The van der Waals surface area contributed by atoms with Gasteiger partial charge in [0.1, 0.15) is 5.82 Å². The van der Waals surface area contributed by atoms with Crippen molar-refractivity contribution in [3.63, 3.8) is 0 Å². The lowest BCUT2D eigenvalue weighted by Crippen LogP contribution is -2.39. The average Bonchev–Trinajstić information content (AvgIpc) is 3.19. The minimum Gasteiger partial charge on any atom is -0.356 e. The molecular weight excluding hydrogens is 429 g/mol. The first-order chi connectivity index (χ1) is 14.8. The van der Waals surface area contributed by atoms with Crippen LogP contribution in [0.15, 0.2) is 24.3 Å². The highest BCUT2D eigenvalue weighted by Gasteiger charge is 2.29. The van der Waals surface area contributed by atoms with Crippen LogP contribution in [0, 0.1) is 30.3 Å². The first-order valence-electron chi connectivity index (χ1n) is 10.2. The lowest BCUT2D eigenvalue weighted by atomic mass is 9.86. The van der Waals surface area contributed by atoms with E-state index in [1.54, 1.807) is 0 Å². The van der Waals surface area contributed by atoms with Crippen LogP contribution in [0.4, 0.5) is 19.1 Å². The fourth-order valence-corrected chi connectivity index (χ4v) is 4.25. The number of carbonyl (C=O) groups is 1. The quantitative estimate of drug-likeness (QED) is 0.363. The Bertz CT molecular complexity index is 1060. The van der Waals surface area contributed by atoms with Gasteiger partial charge in [0.2, 0.25) is 5.95 Å². The number of anilines is 1. The number of aromatic amines is 1. The van der Waals surface area contributed by atoms with Gasteiger partial charge >= 0.3 is 0 Å². The predicted molar refractivity (Wildman–Crippen MR) is 114 cm³/mol. The second-order valence-electron chi connectivity index (χ2n) is 7.93. The number of rotatable bonds is 5. The third-order valence-electron chi connectivity index (χ3n) is 5.84. The van der Waals surface area contributed by atoms with Crippen LogP contribution in [0.2, 0.25) is 5.02 Å². The number of aromatic nitrogens is 2. The topological polar surface area (TPSA) is 69.8 Å². The molecule has 31 heavy (non-hydrogen) atoms. The zero-order valence-corrected chi connectivity index (χ0v) is 17.6. The summed E-state index contributed by atoms with van der Waals surface area (Å²) in [6, 6.07) is 7.60. The Balaban J connectivity index is 1.32. The van der Waals surface area contributed by atoms with Crippen molar-refractivity contribution in [1.29, 1.82) is 0 Å². The summed E-state index contributed by atoms with van der Waals surface area (Å²) in [5.41, 5.74) is 0.656. The number of H-pyrrole nitrogens is 1. The van der Waals surface area contributed by atoms with Crippen LogP contribution in [-0.4, -0.2) is 28.5 Å². The van der Waals surface area contributed by atoms with E-state index in [0.29, 0.717) is 18.8 Å². The number of nitrogens with zero attached hydrogens (tertiary/aromatic N) is 1. The summed E-state index contributed by atoms with van der Waals surface area (Å²) in [5.74, 6) is -3.64. The van der Waals surface area contributed by atoms with Crippen LogP contribution >= 0.6 is 11.6 Å². The number of amides is 1. The lowest BCUT2D eigenvalue weighted by Gasteiger charge is -2.29. The van der Waals surface area contributed by atoms with E-state index >= 15 is 0 Å². The van der Waals surface area contributed by atoms with Gasteiger partial charge in [0.25, 0.3) is 5.91 Å². The number of fused-ring (bicyclic) bond motifs is 1. The number of carbonyl (C=O) groups excluding carboxylic acids is 1.